The highest BCUT2D eigenvalue weighted by Gasteiger charge is 2.06. The van der Waals surface area contributed by atoms with E-state index in [0.717, 1.165) is 18.5 Å². The molecular formula is C18H23ClN4OS. The molecule has 1 amide bonds. The molecule has 7 heteroatoms. The first-order valence-electron chi connectivity index (χ1n) is 8.11. The van der Waals surface area contributed by atoms with Crippen molar-refractivity contribution in [1.82, 2.24) is 10.6 Å². The minimum atomic E-state index is -0.0905. The second-order valence-electron chi connectivity index (χ2n) is 5.54. The number of carbonyl (C=O) groups is 1. The van der Waals surface area contributed by atoms with Crippen LogP contribution in [-0.4, -0.2) is 32.0 Å². The number of nitrogens with zero attached hydrogens (tertiary/aromatic N) is 1. The summed E-state index contributed by atoms with van der Waals surface area (Å²) in [6, 6.07) is 9.72. The lowest BCUT2D eigenvalue weighted by Crippen LogP contribution is -2.39. The van der Waals surface area contributed by atoms with Crippen molar-refractivity contribution < 1.29 is 4.79 Å². The van der Waals surface area contributed by atoms with E-state index in [1.165, 1.54) is 4.88 Å². The van der Waals surface area contributed by atoms with Gasteiger partial charge in [-0.1, -0.05) is 23.7 Å². The Kier molecular flexibility index (Phi) is 7.76. The minimum absolute atomic E-state index is 0.0905. The van der Waals surface area contributed by atoms with E-state index in [-0.39, 0.29) is 5.91 Å². The van der Waals surface area contributed by atoms with Crippen LogP contribution >= 0.6 is 22.9 Å². The van der Waals surface area contributed by atoms with E-state index in [1.807, 2.05) is 31.2 Å². The van der Waals surface area contributed by atoms with Crippen LogP contribution in [0.15, 0.2) is 40.7 Å². The molecule has 0 spiro atoms. The third-order valence-corrected chi connectivity index (χ3v) is 4.76. The molecular weight excluding hydrogens is 356 g/mol. The summed E-state index contributed by atoms with van der Waals surface area (Å²) in [7, 11) is 1.71. The van der Waals surface area contributed by atoms with Gasteiger partial charge >= 0.3 is 0 Å². The lowest BCUT2D eigenvalue weighted by molar-refractivity contribution is -0.116. The van der Waals surface area contributed by atoms with Crippen LogP contribution in [0.3, 0.4) is 0 Å². The van der Waals surface area contributed by atoms with Crippen molar-refractivity contribution in [3.05, 3.63) is 51.2 Å². The first kappa shape index (κ1) is 19.3. The Morgan fingerprint density at radius 3 is 2.72 bits per heavy atom. The predicted octanol–water partition coefficient (Wildman–Crippen LogP) is 3.45. The number of thiophene rings is 1. The Balaban J connectivity index is 1.68. The number of aliphatic imine (C=N–C) groups is 1. The van der Waals surface area contributed by atoms with Gasteiger partial charge in [0.15, 0.2) is 5.96 Å². The highest BCUT2D eigenvalue weighted by molar-refractivity contribution is 7.09. The van der Waals surface area contributed by atoms with Crippen LogP contribution in [0.5, 0.6) is 0 Å². The first-order chi connectivity index (χ1) is 12.1. The molecule has 0 saturated heterocycles. The second kappa shape index (κ2) is 10.1. The zero-order chi connectivity index (χ0) is 18.1. The van der Waals surface area contributed by atoms with E-state index in [4.69, 9.17) is 11.6 Å². The summed E-state index contributed by atoms with van der Waals surface area (Å²) in [4.78, 5) is 17.5. The fraction of sp³-hybridized carbons (Fsp3) is 0.333. The van der Waals surface area contributed by atoms with E-state index >= 15 is 0 Å². The van der Waals surface area contributed by atoms with E-state index in [9.17, 15) is 4.79 Å². The molecule has 5 nitrogen and oxygen atoms in total. The molecule has 1 aromatic carbocycles. The molecule has 0 unspecified atom stereocenters. The lowest BCUT2D eigenvalue weighted by atomic mass is 10.2. The standard InChI is InChI=1S/C18H23ClN4OS/c1-13-5-6-16(15(19)12-13)23-17(24)8-10-22-18(20-2)21-9-7-14-4-3-11-25-14/h3-6,11-12H,7-10H2,1-2H3,(H,23,24)(H2,20,21,22). The summed E-state index contributed by atoms with van der Waals surface area (Å²) in [5.74, 6) is 0.602. The first-order valence-corrected chi connectivity index (χ1v) is 9.37. The van der Waals surface area contributed by atoms with Crippen molar-refractivity contribution in [2.45, 2.75) is 19.8 Å². The summed E-state index contributed by atoms with van der Waals surface area (Å²) in [6.07, 6.45) is 1.28. The quantitative estimate of drug-likeness (QED) is 0.510. The largest absolute Gasteiger partial charge is 0.356 e. The number of anilines is 1. The van der Waals surface area contributed by atoms with Gasteiger partial charge in [-0.05, 0) is 42.5 Å². The van der Waals surface area contributed by atoms with Crippen molar-refractivity contribution in [2.24, 2.45) is 4.99 Å². The Morgan fingerprint density at radius 2 is 2.04 bits per heavy atom. The van der Waals surface area contributed by atoms with Crippen molar-refractivity contribution in [1.29, 1.82) is 0 Å². The van der Waals surface area contributed by atoms with Crippen molar-refractivity contribution in [3.63, 3.8) is 0 Å². The highest BCUT2D eigenvalue weighted by atomic mass is 35.5. The van der Waals surface area contributed by atoms with Gasteiger partial charge in [-0.3, -0.25) is 9.79 Å². The number of rotatable bonds is 7. The molecule has 3 N–H and O–H groups in total. The predicted molar refractivity (Wildman–Crippen MR) is 107 cm³/mol. The molecule has 1 heterocycles. The van der Waals surface area contributed by atoms with Gasteiger partial charge in [-0.15, -0.1) is 11.3 Å². The number of nitrogens with one attached hydrogen (secondary N) is 3. The Morgan fingerprint density at radius 1 is 1.24 bits per heavy atom. The van der Waals surface area contributed by atoms with Gasteiger partial charge in [0.25, 0.3) is 0 Å². The fourth-order valence-electron chi connectivity index (χ4n) is 2.21. The monoisotopic (exact) mass is 378 g/mol. The summed E-state index contributed by atoms with van der Waals surface area (Å²) in [5.41, 5.74) is 1.69. The van der Waals surface area contributed by atoms with Gasteiger partial charge in [-0.2, -0.15) is 0 Å². The van der Waals surface area contributed by atoms with Gasteiger partial charge in [0.1, 0.15) is 0 Å². The molecule has 0 radical (unpaired) electrons. The molecule has 2 aromatic rings. The zero-order valence-electron chi connectivity index (χ0n) is 14.4. The normalized spacial score (nSPS) is 11.2. The molecule has 1 aromatic heterocycles. The second-order valence-corrected chi connectivity index (χ2v) is 6.98. The smallest absolute Gasteiger partial charge is 0.226 e. The van der Waals surface area contributed by atoms with Gasteiger partial charge in [0, 0.05) is 31.4 Å². The number of benzene rings is 1. The van der Waals surface area contributed by atoms with Crippen molar-refractivity contribution in [3.8, 4) is 0 Å². The van der Waals surface area contributed by atoms with Gasteiger partial charge in [0.05, 0.1) is 10.7 Å². The van der Waals surface area contributed by atoms with Gasteiger partial charge in [-0.25, -0.2) is 0 Å². The SMILES string of the molecule is CN=C(NCCC(=O)Nc1ccc(C)cc1Cl)NCCc1cccs1. The lowest BCUT2D eigenvalue weighted by Gasteiger charge is -2.12. The van der Waals surface area contributed by atoms with Crippen LogP contribution in [0, 0.1) is 6.92 Å². The van der Waals surface area contributed by atoms with Crippen LogP contribution in [0.2, 0.25) is 5.02 Å². The van der Waals surface area contributed by atoms with Crippen LogP contribution in [0.1, 0.15) is 16.9 Å². The minimum Gasteiger partial charge on any atom is -0.356 e. The molecule has 0 fully saturated rings. The Labute approximate surface area is 157 Å². The van der Waals surface area contributed by atoms with Crippen LogP contribution in [-0.2, 0) is 11.2 Å². The average molecular weight is 379 g/mol. The van der Waals surface area contributed by atoms with Gasteiger partial charge in [0.2, 0.25) is 5.91 Å². The molecule has 0 aliphatic carbocycles. The topological polar surface area (TPSA) is 65.5 Å². The molecule has 0 aliphatic heterocycles. The molecule has 0 bridgehead atoms. The van der Waals surface area contributed by atoms with E-state index in [1.54, 1.807) is 18.4 Å². The number of guanidine groups is 1. The number of carbonyl (C=O) groups excluding carboxylic acids is 1. The molecule has 0 saturated carbocycles. The number of hydrogen-bond donors (Lipinski definition) is 3. The van der Waals surface area contributed by atoms with E-state index in [0.29, 0.717) is 29.6 Å². The number of halogens is 1. The Hall–Kier alpha value is -2.05. The third kappa shape index (κ3) is 6.76. The maximum Gasteiger partial charge on any atom is 0.226 e. The van der Waals surface area contributed by atoms with Gasteiger partial charge < -0.3 is 16.0 Å². The van der Waals surface area contributed by atoms with Crippen LogP contribution in [0.25, 0.3) is 0 Å². The van der Waals surface area contributed by atoms with Crippen molar-refractivity contribution in [2.75, 3.05) is 25.5 Å². The molecule has 0 aliphatic rings. The Bertz CT molecular complexity index is 716. The summed E-state index contributed by atoms with van der Waals surface area (Å²) in [5, 5.41) is 11.8. The number of hydrogen-bond acceptors (Lipinski definition) is 3. The van der Waals surface area contributed by atoms with E-state index < -0.39 is 0 Å². The number of amides is 1. The zero-order valence-corrected chi connectivity index (χ0v) is 16.0. The average Bonchev–Trinajstić information content (AvgIpc) is 3.09. The van der Waals surface area contributed by atoms with E-state index in [2.05, 4.69) is 32.4 Å². The fourth-order valence-corrected chi connectivity index (χ4v) is 3.20. The van der Waals surface area contributed by atoms with Crippen LogP contribution < -0.4 is 16.0 Å². The summed E-state index contributed by atoms with van der Waals surface area (Å²) < 4.78 is 0. The highest BCUT2D eigenvalue weighted by Crippen LogP contribution is 2.22. The maximum absolute atomic E-state index is 12.0. The van der Waals surface area contributed by atoms with Crippen LogP contribution in [0.4, 0.5) is 5.69 Å². The number of aryl methyl sites for hydroxylation is 1. The molecule has 134 valence electrons. The van der Waals surface area contributed by atoms with Crippen molar-refractivity contribution >= 4 is 40.5 Å². The summed E-state index contributed by atoms with van der Waals surface area (Å²) >= 11 is 7.86. The molecule has 25 heavy (non-hydrogen) atoms. The summed E-state index contributed by atoms with van der Waals surface area (Å²) in [6.45, 7) is 3.25. The molecule has 2 rings (SSSR count). The maximum atomic E-state index is 12.0. The molecule has 0 atom stereocenters. The third-order valence-electron chi connectivity index (χ3n) is 3.51.